The standard InChI is InChI=1S/C20H31ClN4O.HI/c1-22-19(23-14-8-10-16-9-4-5-11-17(16)21)24-15-20(12-6-7-13-20)18(26)25(2)3;/h4-5,9,11H,6-8,10,12-15H2,1-3H3,(H2,22,23,24);1H. The Labute approximate surface area is 185 Å². The number of hydrogen-bond donors (Lipinski definition) is 2. The summed E-state index contributed by atoms with van der Waals surface area (Å²) in [5.41, 5.74) is 0.874. The average molecular weight is 507 g/mol. The van der Waals surface area contributed by atoms with Crippen molar-refractivity contribution in [1.82, 2.24) is 15.5 Å². The van der Waals surface area contributed by atoms with Gasteiger partial charge in [-0.3, -0.25) is 9.79 Å². The van der Waals surface area contributed by atoms with Crippen molar-refractivity contribution in [3.63, 3.8) is 0 Å². The molecular formula is C20H32ClIN4O. The third-order valence-electron chi connectivity index (χ3n) is 5.11. The van der Waals surface area contributed by atoms with Crippen LogP contribution in [0.1, 0.15) is 37.7 Å². The van der Waals surface area contributed by atoms with Gasteiger partial charge in [-0.2, -0.15) is 0 Å². The highest BCUT2D eigenvalue weighted by atomic mass is 127. The van der Waals surface area contributed by atoms with E-state index in [-0.39, 0.29) is 35.3 Å². The normalized spacial score (nSPS) is 15.8. The summed E-state index contributed by atoms with van der Waals surface area (Å²) in [6.45, 7) is 1.44. The number of amides is 1. The Morgan fingerprint density at radius 3 is 2.48 bits per heavy atom. The Morgan fingerprint density at radius 2 is 1.89 bits per heavy atom. The van der Waals surface area contributed by atoms with Crippen molar-refractivity contribution >= 4 is 47.4 Å². The van der Waals surface area contributed by atoms with Gasteiger partial charge in [-0.15, -0.1) is 24.0 Å². The molecule has 0 aromatic heterocycles. The molecule has 1 amide bonds. The minimum Gasteiger partial charge on any atom is -0.356 e. The molecule has 0 spiro atoms. The minimum atomic E-state index is -0.293. The molecule has 1 saturated carbocycles. The summed E-state index contributed by atoms with van der Waals surface area (Å²) in [5.74, 6) is 0.971. The second kappa shape index (κ2) is 11.7. The molecule has 27 heavy (non-hydrogen) atoms. The summed E-state index contributed by atoms with van der Waals surface area (Å²) in [6, 6.07) is 7.95. The van der Waals surface area contributed by atoms with E-state index >= 15 is 0 Å². The van der Waals surface area contributed by atoms with Crippen LogP contribution in [-0.2, 0) is 11.2 Å². The van der Waals surface area contributed by atoms with Crippen LogP contribution in [0.2, 0.25) is 5.02 Å². The fraction of sp³-hybridized carbons (Fsp3) is 0.600. The number of nitrogens with one attached hydrogen (secondary N) is 2. The lowest BCUT2D eigenvalue weighted by Crippen LogP contribution is -2.49. The van der Waals surface area contributed by atoms with Gasteiger partial charge in [-0.05, 0) is 37.3 Å². The van der Waals surface area contributed by atoms with Crippen LogP contribution in [0.3, 0.4) is 0 Å². The molecule has 0 saturated heterocycles. The molecule has 2 N–H and O–H groups in total. The van der Waals surface area contributed by atoms with Crippen molar-refractivity contribution in [2.75, 3.05) is 34.2 Å². The fourth-order valence-corrected chi connectivity index (χ4v) is 3.88. The quantitative estimate of drug-likeness (QED) is 0.257. The molecule has 1 aromatic rings. The van der Waals surface area contributed by atoms with E-state index in [1.54, 1.807) is 11.9 Å². The van der Waals surface area contributed by atoms with Gasteiger partial charge in [0.2, 0.25) is 5.91 Å². The van der Waals surface area contributed by atoms with Crippen LogP contribution in [0.4, 0.5) is 0 Å². The summed E-state index contributed by atoms with van der Waals surface area (Å²) in [6.07, 6.45) is 6.01. The van der Waals surface area contributed by atoms with Gasteiger partial charge < -0.3 is 15.5 Å². The van der Waals surface area contributed by atoms with E-state index in [1.807, 2.05) is 32.3 Å². The first-order valence-electron chi connectivity index (χ1n) is 9.38. The Balaban J connectivity index is 0.00000364. The van der Waals surface area contributed by atoms with E-state index in [4.69, 9.17) is 11.6 Å². The zero-order valence-corrected chi connectivity index (χ0v) is 19.6. The predicted octanol–water partition coefficient (Wildman–Crippen LogP) is 3.70. The number of halogens is 2. The number of aliphatic imine (C=N–C) groups is 1. The lowest BCUT2D eigenvalue weighted by atomic mass is 9.84. The first kappa shape index (κ1) is 24.0. The third-order valence-corrected chi connectivity index (χ3v) is 5.48. The van der Waals surface area contributed by atoms with E-state index in [2.05, 4.69) is 21.7 Å². The molecule has 0 aliphatic heterocycles. The van der Waals surface area contributed by atoms with Crippen LogP contribution >= 0.6 is 35.6 Å². The Kier molecular flexibility index (Phi) is 10.4. The van der Waals surface area contributed by atoms with Gasteiger partial charge in [0.05, 0.1) is 5.41 Å². The van der Waals surface area contributed by atoms with Crippen LogP contribution in [-0.4, -0.2) is 51.0 Å². The fourth-order valence-electron chi connectivity index (χ4n) is 3.65. The lowest BCUT2D eigenvalue weighted by molar-refractivity contribution is -0.138. The summed E-state index contributed by atoms with van der Waals surface area (Å²) in [7, 11) is 5.44. The Morgan fingerprint density at radius 1 is 1.22 bits per heavy atom. The van der Waals surface area contributed by atoms with Crippen molar-refractivity contribution in [3.8, 4) is 0 Å². The molecule has 1 aliphatic rings. The molecule has 1 fully saturated rings. The maximum atomic E-state index is 12.6. The van der Waals surface area contributed by atoms with Gasteiger partial charge in [0.25, 0.3) is 0 Å². The van der Waals surface area contributed by atoms with Gasteiger partial charge in [-0.25, -0.2) is 0 Å². The van der Waals surface area contributed by atoms with Gasteiger partial charge in [0.1, 0.15) is 0 Å². The maximum Gasteiger partial charge on any atom is 0.230 e. The largest absolute Gasteiger partial charge is 0.356 e. The van der Waals surface area contributed by atoms with Crippen molar-refractivity contribution in [1.29, 1.82) is 0 Å². The molecule has 1 aliphatic carbocycles. The zero-order valence-electron chi connectivity index (χ0n) is 16.6. The molecule has 2 rings (SSSR count). The van der Waals surface area contributed by atoms with Crippen molar-refractivity contribution in [3.05, 3.63) is 34.9 Å². The first-order chi connectivity index (χ1) is 12.5. The first-order valence-corrected chi connectivity index (χ1v) is 9.76. The van der Waals surface area contributed by atoms with E-state index < -0.39 is 0 Å². The molecule has 7 heteroatoms. The lowest BCUT2D eigenvalue weighted by Gasteiger charge is -2.31. The van der Waals surface area contributed by atoms with E-state index in [0.717, 1.165) is 56.1 Å². The second-order valence-electron chi connectivity index (χ2n) is 7.23. The molecule has 152 valence electrons. The smallest absolute Gasteiger partial charge is 0.230 e. The number of carbonyl (C=O) groups excluding carboxylic acids is 1. The minimum absolute atomic E-state index is 0. The van der Waals surface area contributed by atoms with Gasteiger partial charge in [0, 0.05) is 39.3 Å². The number of carbonyl (C=O) groups is 1. The monoisotopic (exact) mass is 506 g/mol. The van der Waals surface area contributed by atoms with Crippen molar-refractivity contribution < 1.29 is 4.79 Å². The number of guanidine groups is 1. The summed E-state index contributed by atoms with van der Waals surface area (Å²) in [4.78, 5) is 18.6. The van der Waals surface area contributed by atoms with Gasteiger partial charge in [0.15, 0.2) is 5.96 Å². The maximum absolute atomic E-state index is 12.6. The number of benzene rings is 1. The van der Waals surface area contributed by atoms with Crippen LogP contribution in [0.5, 0.6) is 0 Å². The predicted molar refractivity (Wildman–Crippen MR) is 124 cm³/mol. The SMILES string of the molecule is CN=C(NCCCc1ccccc1Cl)NCC1(C(=O)N(C)C)CCCC1.I. The Bertz CT molecular complexity index is 630. The molecule has 0 heterocycles. The third kappa shape index (κ3) is 6.82. The number of rotatable bonds is 7. The second-order valence-corrected chi connectivity index (χ2v) is 7.64. The molecule has 0 unspecified atom stereocenters. The molecule has 1 aromatic carbocycles. The Hall–Kier alpha value is -1.02. The zero-order chi connectivity index (χ0) is 19.0. The van der Waals surface area contributed by atoms with E-state index in [0.29, 0.717) is 6.54 Å². The summed E-state index contributed by atoms with van der Waals surface area (Å²) in [5, 5.41) is 7.52. The molecule has 0 atom stereocenters. The summed E-state index contributed by atoms with van der Waals surface area (Å²) >= 11 is 6.19. The topological polar surface area (TPSA) is 56.7 Å². The number of aryl methyl sites for hydroxylation is 1. The van der Waals surface area contributed by atoms with Crippen LogP contribution in [0.25, 0.3) is 0 Å². The number of nitrogens with zero attached hydrogens (tertiary/aromatic N) is 2. The highest BCUT2D eigenvalue weighted by molar-refractivity contribution is 14.0. The molecular weight excluding hydrogens is 475 g/mol. The van der Waals surface area contributed by atoms with Crippen molar-refractivity contribution in [2.24, 2.45) is 10.4 Å². The van der Waals surface area contributed by atoms with E-state index in [9.17, 15) is 4.79 Å². The van der Waals surface area contributed by atoms with Crippen molar-refractivity contribution in [2.45, 2.75) is 38.5 Å². The van der Waals surface area contributed by atoms with Gasteiger partial charge in [-0.1, -0.05) is 42.6 Å². The number of hydrogen-bond acceptors (Lipinski definition) is 2. The van der Waals surface area contributed by atoms with Crippen LogP contribution < -0.4 is 10.6 Å². The average Bonchev–Trinajstić information content (AvgIpc) is 3.11. The van der Waals surface area contributed by atoms with Crippen LogP contribution in [0.15, 0.2) is 29.3 Å². The van der Waals surface area contributed by atoms with Gasteiger partial charge >= 0.3 is 0 Å². The van der Waals surface area contributed by atoms with E-state index in [1.165, 1.54) is 5.56 Å². The molecule has 5 nitrogen and oxygen atoms in total. The van der Waals surface area contributed by atoms with Crippen LogP contribution in [0, 0.1) is 5.41 Å². The molecule has 0 bridgehead atoms. The molecule has 0 radical (unpaired) electrons. The summed E-state index contributed by atoms with van der Waals surface area (Å²) < 4.78 is 0. The highest BCUT2D eigenvalue weighted by Gasteiger charge is 2.42. The highest BCUT2D eigenvalue weighted by Crippen LogP contribution is 2.38.